The van der Waals surface area contributed by atoms with E-state index < -0.39 is 0 Å². The van der Waals surface area contributed by atoms with Crippen LogP contribution in [0.15, 0.2) is 30.3 Å². The van der Waals surface area contributed by atoms with Gasteiger partial charge in [0.2, 0.25) is 5.91 Å². The Balaban J connectivity index is 1.91. The topological polar surface area (TPSA) is 70.7 Å². The van der Waals surface area contributed by atoms with E-state index in [1.165, 1.54) is 7.11 Å². The lowest BCUT2D eigenvalue weighted by molar-refractivity contribution is -0.136. The van der Waals surface area contributed by atoms with Crippen LogP contribution in [0.4, 0.5) is 10.5 Å². The molecule has 0 bridgehead atoms. The molecule has 1 heterocycles. The zero-order valence-electron chi connectivity index (χ0n) is 11.5. The Morgan fingerprint density at radius 2 is 2.05 bits per heavy atom. The zero-order valence-corrected chi connectivity index (χ0v) is 11.5. The summed E-state index contributed by atoms with van der Waals surface area (Å²) in [6.07, 6.45) is 1.58. The number of benzene rings is 1. The number of likely N-dealkylation sites (tertiary alicyclic amines) is 1. The maximum atomic E-state index is 12.1. The molecule has 1 aromatic rings. The lowest BCUT2D eigenvalue weighted by Gasteiger charge is -2.31. The van der Waals surface area contributed by atoms with Gasteiger partial charge < -0.3 is 10.2 Å². The van der Waals surface area contributed by atoms with E-state index in [9.17, 15) is 9.59 Å². The molecule has 1 aliphatic rings. The molecule has 2 N–H and O–H groups in total. The van der Waals surface area contributed by atoms with Gasteiger partial charge >= 0.3 is 6.03 Å². The van der Waals surface area contributed by atoms with Gasteiger partial charge in [0.1, 0.15) is 0 Å². The fraction of sp³-hybridized carbons (Fsp3) is 0.429. The summed E-state index contributed by atoms with van der Waals surface area (Å²) in [7, 11) is 1.40. The van der Waals surface area contributed by atoms with Crippen molar-refractivity contribution in [2.45, 2.75) is 12.8 Å². The standard InChI is InChI=1S/C14H19N3O3/c1-20-16-13(18)11-6-5-9-17(10-11)14(19)15-12-7-3-2-4-8-12/h2-4,7-8,11H,5-6,9-10H2,1H3,(H,15,19)(H,16,18)/t11-/m1/s1. The second kappa shape index (κ2) is 6.91. The highest BCUT2D eigenvalue weighted by atomic mass is 16.6. The summed E-state index contributed by atoms with van der Waals surface area (Å²) in [5, 5.41) is 2.83. The zero-order chi connectivity index (χ0) is 14.4. The Morgan fingerprint density at radius 3 is 2.75 bits per heavy atom. The first-order valence-electron chi connectivity index (χ1n) is 6.64. The summed E-state index contributed by atoms with van der Waals surface area (Å²) < 4.78 is 0. The van der Waals surface area contributed by atoms with Crippen molar-refractivity contribution in [3.63, 3.8) is 0 Å². The highest BCUT2D eigenvalue weighted by Gasteiger charge is 2.28. The van der Waals surface area contributed by atoms with Crippen LogP contribution in [0.5, 0.6) is 0 Å². The number of amides is 3. The normalized spacial score (nSPS) is 18.4. The fourth-order valence-electron chi connectivity index (χ4n) is 2.28. The number of rotatable bonds is 3. The predicted molar refractivity (Wildman–Crippen MR) is 74.9 cm³/mol. The van der Waals surface area contributed by atoms with Crippen molar-refractivity contribution in [1.82, 2.24) is 10.4 Å². The molecule has 1 aliphatic heterocycles. The number of nitrogens with zero attached hydrogens (tertiary/aromatic N) is 1. The minimum absolute atomic E-state index is 0.175. The van der Waals surface area contributed by atoms with Gasteiger partial charge in [-0.05, 0) is 25.0 Å². The number of hydroxylamine groups is 1. The maximum absolute atomic E-state index is 12.1. The van der Waals surface area contributed by atoms with Gasteiger partial charge in [-0.3, -0.25) is 9.63 Å². The van der Waals surface area contributed by atoms with Crippen molar-refractivity contribution in [2.24, 2.45) is 5.92 Å². The monoisotopic (exact) mass is 277 g/mol. The molecule has 2 rings (SSSR count). The van der Waals surface area contributed by atoms with Crippen LogP contribution in [0.1, 0.15) is 12.8 Å². The van der Waals surface area contributed by atoms with Gasteiger partial charge in [-0.25, -0.2) is 10.3 Å². The van der Waals surface area contributed by atoms with Crippen molar-refractivity contribution in [3.05, 3.63) is 30.3 Å². The number of hydrogen-bond donors (Lipinski definition) is 2. The van der Waals surface area contributed by atoms with Crippen LogP contribution < -0.4 is 10.8 Å². The first-order valence-corrected chi connectivity index (χ1v) is 6.64. The number of piperidine rings is 1. The first-order chi connectivity index (χ1) is 9.70. The van der Waals surface area contributed by atoms with Gasteiger partial charge in [-0.1, -0.05) is 18.2 Å². The Kier molecular flexibility index (Phi) is 4.95. The van der Waals surface area contributed by atoms with Crippen LogP contribution >= 0.6 is 0 Å². The van der Waals surface area contributed by atoms with Crippen LogP contribution in [0.2, 0.25) is 0 Å². The molecule has 6 heteroatoms. The Hall–Kier alpha value is -2.08. The van der Waals surface area contributed by atoms with Gasteiger partial charge in [0.15, 0.2) is 0 Å². The molecule has 0 unspecified atom stereocenters. The molecule has 3 amide bonds. The maximum Gasteiger partial charge on any atom is 0.321 e. The van der Waals surface area contributed by atoms with Crippen molar-refractivity contribution in [1.29, 1.82) is 0 Å². The smallest absolute Gasteiger partial charge is 0.321 e. The molecule has 20 heavy (non-hydrogen) atoms. The molecule has 6 nitrogen and oxygen atoms in total. The van der Waals surface area contributed by atoms with Crippen LogP contribution in [-0.4, -0.2) is 37.0 Å². The lowest BCUT2D eigenvalue weighted by atomic mass is 9.98. The molecule has 0 spiro atoms. The number of anilines is 1. The van der Waals surface area contributed by atoms with Crippen LogP contribution in [0, 0.1) is 5.92 Å². The van der Waals surface area contributed by atoms with E-state index in [-0.39, 0.29) is 17.9 Å². The van der Waals surface area contributed by atoms with Crippen molar-refractivity contribution in [3.8, 4) is 0 Å². The number of carbonyl (C=O) groups is 2. The average Bonchev–Trinajstić information content (AvgIpc) is 2.48. The molecule has 0 aromatic heterocycles. The second-order valence-corrected chi connectivity index (χ2v) is 4.75. The lowest BCUT2D eigenvalue weighted by Crippen LogP contribution is -2.46. The third-order valence-corrected chi connectivity index (χ3v) is 3.31. The van der Waals surface area contributed by atoms with Gasteiger partial charge in [0, 0.05) is 18.8 Å². The molecule has 1 fully saturated rings. The molecular weight excluding hydrogens is 258 g/mol. The van der Waals surface area contributed by atoms with Gasteiger partial charge in [0.05, 0.1) is 13.0 Å². The molecule has 1 saturated heterocycles. The quantitative estimate of drug-likeness (QED) is 0.825. The molecule has 0 aliphatic carbocycles. The number of urea groups is 1. The van der Waals surface area contributed by atoms with E-state index in [1.54, 1.807) is 4.90 Å². The molecule has 1 atom stereocenters. The molecule has 1 aromatic carbocycles. The summed E-state index contributed by atoms with van der Waals surface area (Å²) >= 11 is 0. The van der Waals surface area contributed by atoms with Gasteiger partial charge in [0.25, 0.3) is 0 Å². The van der Waals surface area contributed by atoms with E-state index in [0.717, 1.165) is 18.5 Å². The Morgan fingerprint density at radius 1 is 1.30 bits per heavy atom. The summed E-state index contributed by atoms with van der Waals surface area (Å²) in [5.41, 5.74) is 3.08. The van der Waals surface area contributed by atoms with E-state index in [0.29, 0.717) is 13.1 Å². The van der Waals surface area contributed by atoms with Gasteiger partial charge in [-0.15, -0.1) is 0 Å². The number of nitrogens with one attached hydrogen (secondary N) is 2. The number of carbonyl (C=O) groups excluding carboxylic acids is 2. The van der Waals surface area contributed by atoms with E-state index >= 15 is 0 Å². The molecule has 108 valence electrons. The molecular formula is C14H19N3O3. The minimum Gasteiger partial charge on any atom is -0.324 e. The summed E-state index contributed by atoms with van der Waals surface area (Å²) in [6, 6.07) is 9.10. The highest BCUT2D eigenvalue weighted by Crippen LogP contribution is 2.18. The summed E-state index contributed by atoms with van der Waals surface area (Å²) in [4.78, 5) is 30.2. The van der Waals surface area contributed by atoms with Crippen molar-refractivity contribution >= 4 is 17.6 Å². The predicted octanol–water partition coefficient (Wildman–Crippen LogP) is 1.61. The number of hydrogen-bond acceptors (Lipinski definition) is 3. The van der Waals surface area contributed by atoms with Crippen molar-refractivity contribution in [2.75, 3.05) is 25.5 Å². The van der Waals surface area contributed by atoms with E-state index in [1.807, 2.05) is 30.3 Å². The largest absolute Gasteiger partial charge is 0.324 e. The fourth-order valence-corrected chi connectivity index (χ4v) is 2.28. The average molecular weight is 277 g/mol. The third-order valence-electron chi connectivity index (χ3n) is 3.31. The summed E-state index contributed by atoms with van der Waals surface area (Å²) in [5.74, 6) is -0.394. The molecule has 0 saturated carbocycles. The van der Waals surface area contributed by atoms with Gasteiger partial charge in [-0.2, -0.15) is 0 Å². The Labute approximate surface area is 118 Å². The second-order valence-electron chi connectivity index (χ2n) is 4.75. The van der Waals surface area contributed by atoms with Crippen LogP contribution in [0.3, 0.4) is 0 Å². The minimum atomic E-state index is -0.217. The van der Waals surface area contributed by atoms with Crippen LogP contribution in [0.25, 0.3) is 0 Å². The SMILES string of the molecule is CONC(=O)[C@@H]1CCCN(C(=O)Nc2ccccc2)C1. The third kappa shape index (κ3) is 3.71. The van der Waals surface area contributed by atoms with Crippen LogP contribution in [-0.2, 0) is 9.63 Å². The number of para-hydroxylation sites is 1. The van der Waals surface area contributed by atoms with Crippen molar-refractivity contribution < 1.29 is 14.4 Å². The first kappa shape index (κ1) is 14.3. The van der Waals surface area contributed by atoms with E-state index in [4.69, 9.17) is 0 Å². The van der Waals surface area contributed by atoms with E-state index in [2.05, 4.69) is 15.6 Å². The summed E-state index contributed by atoms with van der Waals surface area (Å²) in [6.45, 7) is 1.07. The Bertz CT molecular complexity index is 464. The highest BCUT2D eigenvalue weighted by molar-refractivity contribution is 5.90. The molecule has 0 radical (unpaired) electrons.